The summed E-state index contributed by atoms with van der Waals surface area (Å²) in [5.74, 6) is 0. The van der Waals surface area contributed by atoms with Crippen molar-refractivity contribution in [2.24, 2.45) is 0 Å². The van der Waals surface area contributed by atoms with E-state index < -0.39 is 10.0 Å². The molecule has 100 valence electrons. The summed E-state index contributed by atoms with van der Waals surface area (Å²) >= 11 is 9.10. The fraction of sp³-hybridized carbons (Fsp3) is 0.0909. The van der Waals surface area contributed by atoms with Gasteiger partial charge in [-0.15, -0.1) is 0 Å². The fourth-order valence-electron chi connectivity index (χ4n) is 1.38. The molecule has 19 heavy (non-hydrogen) atoms. The molecule has 0 radical (unpaired) electrons. The molecule has 0 atom stereocenters. The Labute approximate surface area is 124 Å². The number of halogens is 2. The smallest absolute Gasteiger partial charge is 0.264 e. The van der Waals surface area contributed by atoms with Crippen molar-refractivity contribution in [2.75, 3.05) is 4.72 Å². The molecule has 0 aliphatic carbocycles. The molecule has 0 aliphatic heterocycles. The highest BCUT2D eigenvalue weighted by atomic mass is 79.9. The highest BCUT2D eigenvalue weighted by Gasteiger charge is 2.18. The monoisotopic (exact) mass is 361 g/mol. The van der Waals surface area contributed by atoms with Crippen LogP contribution in [0.2, 0.25) is 5.02 Å². The van der Waals surface area contributed by atoms with Crippen LogP contribution in [0.1, 0.15) is 5.56 Å². The first-order valence-electron chi connectivity index (χ1n) is 5.14. The quantitative estimate of drug-likeness (QED) is 0.852. The third-order valence-corrected chi connectivity index (χ3v) is 4.97. The second kappa shape index (κ2) is 5.44. The lowest BCUT2D eigenvalue weighted by molar-refractivity contribution is 0.601. The number of anilines is 1. The van der Waals surface area contributed by atoms with E-state index in [2.05, 4.69) is 30.6 Å². The number of nitrogens with one attached hydrogen (secondary N) is 1. The minimum absolute atomic E-state index is 0.0720. The molecule has 0 unspecified atom stereocenters. The summed E-state index contributed by atoms with van der Waals surface area (Å²) in [4.78, 5) is 7.71. The lowest BCUT2D eigenvalue weighted by Crippen LogP contribution is -2.14. The van der Waals surface area contributed by atoms with Gasteiger partial charge >= 0.3 is 0 Å². The summed E-state index contributed by atoms with van der Waals surface area (Å²) in [6.07, 6.45) is 4.04. The minimum Gasteiger partial charge on any atom is -0.278 e. The van der Waals surface area contributed by atoms with Gasteiger partial charge in [0.15, 0.2) is 0 Å². The second-order valence-corrected chi connectivity index (χ2v) is 6.55. The SMILES string of the molecule is Cc1cc(NS(=O)(=O)c2cnccc2Cl)cnc1Br. The van der Waals surface area contributed by atoms with Crippen LogP contribution in [-0.4, -0.2) is 18.4 Å². The maximum atomic E-state index is 12.1. The second-order valence-electron chi connectivity index (χ2n) is 3.74. The predicted molar refractivity (Wildman–Crippen MR) is 76.7 cm³/mol. The first kappa shape index (κ1) is 14.2. The number of sulfonamides is 1. The molecule has 0 bridgehead atoms. The van der Waals surface area contributed by atoms with Crippen LogP contribution in [0.5, 0.6) is 0 Å². The van der Waals surface area contributed by atoms with Crippen LogP contribution in [0.3, 0.4) is 0 Å². The van der Waals surface area contributed by atoms with Gasteiger partial charge in [0.1, 0.15) is 9.50 Å². The standard InChI is InChI=1S/C11H9BrClN3O2S/c1-7-4-8(5-15-11(7)12)16-19(17,18)10-6-14-3-2-9(10)13/h2-6,16H,1H3. The van der Waals surface area contributed by atoms with Crippen molar-refractivity contribution in [3.8, 4) is 0 Å². The van der Waals surface area contributed by atoms with Crippen LogP contribution >= 0.6 is 27.5 Å². The first-order valence-corrected chi connectivity index (χ1v) is 7.80. The predicted octanol–water partition coefficient (Wildman–Crippen LogP) is 3.00. The summed E-state index contributed by atoms with van der Waals surface area (Å²) < 4.78 is 27.4. The van der Waals surface area contributed by atoms with Gasteiger partial charge in [0.2, 0.25) is 0 Å². The Morgan fingerprint density at radius 1 is 1.37 bits per heavy atom. The number of pyridine rings is 2. The highest BCUT2D eigenvalue weighted by molar-refractivity contribution is 9.10. The van der Waals surface area contributed by atoms with Gasteiger partial charge < -0.3 is 0 Å². The average molecular weight is 363 g/mol. The first-order chi connectivity index (χ1) is 8.90. The molecule has 0 saturated carbocycles. The molecule has 2 rings (SSSR count). The molecule has 0 fully saturated rings. The zero-order valence-corrected chi connectivity index (χ0v) is 12.9. The Kier molecular flexibility index (Phi) is 4.07. The van der Waals surface area contributed by atoms with Crippen molar-refractivity contribution < 1.29 is 8.42 Å². The number of hydrogen-bond donors (Lipinski definition) is 1. The largest absolute Gasteiger partial charge is 0.278 e. The van der Waals surface area contributed by atoms with Crippen LogP contribution < -0.4 is 4.72 Å². The summed E-state index contributed by atoms with van der Waals surface area (Å²) in [5.41, 5.74) is 1.18. The molecule has 0 amide bonds. The fourth-order valence-corrected chi connectivity index (χ4v) is 3.07. The Hall–Kier alpha value is -1.18. The van der Waals surface area contributed by atoms with E-state index in [9.17, 15) is 8.42 Å². The maximum absolute atomic E-state index is 12.1. The topological polar surface area (TPSA) is 72.0 Å². The molecule has 8 heteroatoms. The molecular weight excluding hydrogens is 354 g/mol. The molecule has 0 spiro atoms. The molecule has 2 heterocycles. The van der Waals surface area contributed by atoms with E-state index in [0.29, 0.717) is 10.3 Å². The Morgan fingerprint density at radius 2 is 2.11 bits per heavy atom. The van der Waals surface area contributed by atoms with Gasteiger partial charge in [-0.3, -0.25) is 9.71 Å². The van der Waals surface area contributed by atoms with Crippen molar-refractivity contribution in [3.63, 3.8) is 0 Å². The van der Waals surface area contributed by atoms with Gasteiger partial charge in [0, 0.05) is 12.4 Å². The van der Waals surface area contributed by atoms with E-state index in [1.54, 1.807) is 6.07 Å². The number of hydrogen-bond acceptors (Lipinski definition) is 4. The number of aryl methyl sites for hydroxylation is 1. The average Bonchev–Trinajstić information content (AvgIpc) is 2.34. The highest BCUT2D eigenvalue weighted by Crippen LogP contribution is 2.23. The van der Waals surface area contributed by atoms with Crippen molar-refractivity contribution in [2.45, 2.75) is 11.8 Å². The Morgan fingerprint density at radius 3 is 2.74 bits per heavy atom. The van der Waals surface area contributed by atoms with Crippen LogP contribution in [0.25, 0.3) is 0 Å². The van der Waals surface area contributed by atoms with Crippen LogP contribution in [0.4, 0.5) is 5.69 Å². The molecule has 0 saturated heterocycles. The molecule has 1 N–H and O–H groups in total. The van der Waals surface area contributed by atoms with E-state index in [1.807, 2.05) is 6.92 Å². The van der Waals surface area contributed by atoms with Gasteiger partial charge in [0.25, 0.3) is 10.0 Å². The normalized spacial score (nSPS) is 11.3. The van der Waals surface area contributed by atoms with Crippen molar-refractivity contribution >= 4 is 43.2 Å². The number of nitrogens with zero attached hydrogens (tertiary/aromatic N) is 2. The Bertz CT molecular complexity index is 722. The third kappa shape index (κ3) is 3.23. The number of aromatic nitrogens is 2. The van der Waals surface area contributed by atoms with E-state index in [4.69, 9.17) is 11.6 Å². The van der Waals surface area contributed by atoms with E-state index in [1.165, 1.54) is 24.7 Å². The zero-order chi connectivity index (χ0) is 14.0. The van der Waals surface area contributed by atoms with Crippen LogP contribution in [0.15, 0.2) is 40.2 Å². The van der Waals surface area contributed by atoms with Gasteiger partial charge in [-0.25, -0.2) is 13.4 Å². The van der Waals surface area contributed by atoms with E-state index in [-0.39, 0.29) is 9.92 Å². The van der Waals surface area contributed by atoms with Crippen LogP contribution in [-0.2, 0) is 10.0 Å². The summed E-state index contributed by atoms with van der Waals surface area (Å²) in [7, 11) is -3.77. The van der Waals surface area contributed by atoms with Crippen LogP contribution in [0, 0.1) is 6.92 Å². The summed E-state index contributed by atoms with van der Waals surface area (Å²) in [6, 6.07) is 3.08. The summed E-state index contributed by atoms with van der Waals surface area (Å²) in [5, 5.41) is 0.115. The summed E-state index contributed by atoms with van der Waals surface area (Å²) in [6.45, 7) is 1.81. The van der Waals surface area contributed by atoms with Gasteiger partial charge in [-0.2, -0.15) is 0 Å². The van der Waals surface area contributed by atoms with E-state index >= 15 is 0 Å². The van der Waals surface area contributed by atoms with Gasteiger partial charge in [0.05, 0.1) is 16.9 Å². The molecular formula is C11H9BrClN3O2S. The molecule has 2 aromatic heterocycles. The van der Waals surface area contributed by atoms with Gasteiger partial charge in [-0.1, -0.05) is 11.6 Å². The van der Waals surface area contributed by atoms with Crippen molar-refractivity contribution in [3.05, 3.63) is 45.9 Å². The zero-order valence-electron chi connectivity index (χ0n) is 9.76. The van der Waals surface area contributed by atoms with Gasteiger partial charge in [-0.05, 0) is 40.5 Å². The maximum Gasteiger partial charge on any atom is 0.264 e. The Balaban J connectivity index is 2.37. The molecule has 0 aliphatic rings. The number of rotatable bonds is 3. The van der Waals surface area contributed by atoms with Crippen molar-refractivity contribution in [1.82, 2.24) is 9.97 Å². The molecule has 2 aromatic rings. The molecule has 5 nitrogen and oxygen atoms in total. The van der Waals surface area contributed by atoms with Crippen molar-refractivity contribution in [1.29, 1.82) is 0 Å². The third-order valence-electron chi connectivity index (χ3n) is 2.29. The lowest BCUT2D eigenvalue weighted by atomic mass is 10.3. The van der Waals surface area contributed by atoms with E-state index in [0.717, 1.165) is 5.56 Å². The minimum atomic E-state index is -3.77. The lowest BCUT2D eigenvalue weighted by Gasteiger charge is -2.09. The molecule has 0 aromatic carbocycles.